The molecular weight excluding hydrogens is 502 g/mol. The lowest BCUT2D eigenvalue weighted by Crippen LogP contribution is -2.32. The Balaban J connectivity index is 1.83. The molecule has 4 aromatic rings. The molecule has 9 heteroatoms. The molecule has 2 heterocycles. The zero-order valence-corrected chi connectivity index (χ0v) is 22.7. The molecule has 0 saturated heterocycles. The fourth-order valence-corrected chi connectivity index (χ4v) is 5.80. The summed E-state index contributed by atoms with van der Waals surface area (Å²) in [5.74, 6) is 0.213. The van der Waals surface area contributed by atoms with Crippen LogP contribution in [0.25, 0.3) is 11.1 Å². The molecule has 0 spiro atoms. The number of nitrogens with zero attached hydrogens (tertiary/aromatic N) is 3. The van der Waals surface area contributed by atoms with Crippen LogP contribution in [-0.2, 0) is 16.3 Å². The molecule has 0 radical (unpaired) electrons. The predicted molar refractivity (Wildman–Crippen MR) is 145 cm³/mol. The average Bonchev–Trinajstić information content (AvgIpc) is 2.91. The van der Waals surface area contributed by atoms with Crippen molar-refractivity contribution in [1.82, 2.24) is 14.5 Å². The van der Waals surface area contributed by atoms with Gasteiger partial charge in [0.1, 0.15) is 11.6 Å². The van der Waals surface area contributed by atoms with Crippen LogP contribution in [-0.4, -0.2) is 35.2 Å². The van der Waals surface area contributed by atoms with Gasteiger partial charge in [-0.2, -0.15) is 4.98 Å². The van der Waals surface area contributed by atoms with Gasteiger partial charge < -0.3 is 9.84 Å². The van der Waals surface area contributed by atoms with E-state index in [1.807, 2.05) is 32.0 Å². The van der Waals surface area contributed by atoms with Crippen molar-refractivity contribution in [1.29, 1.82) is 0 Å². The third-order valence-corrected chi connectivity index (χ3v) is 8.42. The fourth-order valence-electron chi connectivity index (χ4n) is 4.46. The summed E-state index contributed by atoms with van der Waals surface area (Å²) in [6.07, 6.45) is 5.39. The third kappa shape index (κ3) is 5.19. The first-order valence-electron chi connectivity index (χ1n) is 12.4. The molecule has 0 aliphatic carbocycles. The molecule has 8 nitrogen and oxygen atoms in total. The average molecular weight is 534 g/mol. The smallest absolute Gasteiger partial charge is 0.277 e. The van der Waals surface area contributed by atoms with Crippen molar-refractivity contribution in [2.45, 2.75) is 55.9 Å². The Labute approximate surface area is 222 Å². The van der Waals surface area contributed by atoms with Gasteiger partial charge in [-0.25, -0.2) is 8.42 Å². The number of benzene rings is 2. The Morgan fingerprint density at radius 3 is 2.34 bits per heavy atom. The number of hydrogen-bond donors (Lipinski definition) is 1. The number of sulfone groups is 1. The lowest BCUT2D eigenvalue weighted by Gasteiger charge is -2.21. The molecule has 198 valence electrons. The molecule has 0 bridgehead atoms. The normalized spacial score (nSPS) is 12.3. The minimum Gasteiger partial charge on any atom is -0.497 e. The maximum absolute atomic E-state index is 13.8. The highest BCUT2D eigenvalue weighted by Crippen LogP contribution is 2.30. The van der Waals surface area contributed by atoms with Gasteiger partial charge in [0.05, 0.1) is 18.0 Å². The monoisotopic (exact) mass is 533 g/mol. The van der Waals surface area contributed by atoms with Crippen molar-refractivity contribution in [3.05, 3.63) is 94.3 Å². The number of unbranched alkanes of at least 4 members (excludes halogenated alkanes) is 1. The number of aromatic nitrogens is 3. The Morgan fingerprint density at radius 1 is 1.05 bits per heavy atom. The van der Waals surface area contributed by atoms with E-state index in [9.17, 15) is 18.3 Å². The van der Waals surface area contributed by atoms with Crippen LogP contribution in [0.15, 0.2) is 81.6 Å². The summed E-state index contributed by atoms with van der Waals surface area (Å²) in [7, 11) is -2.81. The van der Waals surface area contributed by atoms with E-state index in [1.54, 1.807) is 50.7 Å². The molecule has 0 amide bonds. The summed E-state index contributed by atoms with van der Waals surface area (Å²) in [5, 5.41) is 10.8. The van der Waals surface area contributed by atoms with Gasteiger partial charge in [-0.1, -0.05) is 37.6 Å². The summed E-state index contributed by atoms with van der Waals surface area (Å²) < 4.78 is 33.9. The molecule has 1 atom stereocenters. The zero-order valence-electron chi connectivity index (χ0n) is 21.9. The van der Waals surface area contributed by atoms with Crippen LogP contribution < -0.4 is 10.3 Å². The maximum atomic E-state index is 13.8. The standard InChI is InChI=1S/C29H31N3O5S/c1-5-6-7-26-31-28(33)27(29(34)32(26)20(3)21-8-12-23(37-4)13-9-21)38(35,36)24-14-10-22(11-15-24)25-16-17-30-18-19(25)2/h8-18,20,33H,5-7H2,1-4H3/t20-/m1/s1. The number of pyridine rings is 1. The predicted octanol–water partition coefficient (Wildman–Crippen LogP) is 5.11. The number of hydrogen-bond acceptors (Lipinski definition) is 7. The minimum absolute atomic E-state index is 0.105. The second-order valence-corrected chi connectivity index (χ2v) is 11.0. The second-order valence-electron chi connectivity index (χ2n) is 9.13. The van der Waals surface area contributed by atoms with Crippen LogP contribution in [0.5, 0.6) is 11.6 Å². The van der Waals surface area contributed by atoms with Crippen LogP contribution in [0, 0.1) is 6.92 Å². The molecular formula is C29H31N3O5S. The summed E-state index contributed by atoms with van der Waals surface area (Å²) >= 11 is 0. The second kappa shape index (κ2) is 11.2. The molecule has 0 aliphatic rings. The highest BCUT2D eigenvalue weighted by atomic mass is 32.2. The van der Waals surface area contributed by atoms with Crippen molar-refractivity contribution < 1.29 is 18.3 Å². The molecule has 0 saturated carbocycles. The van der Waals surface area contributed by atoms with Crippen LogP contribution >= 0.6 is 0 Å². The van der Waals surface area contributed by atoms with Crippen molar-refractivity contribution >= 4 is 9.84 Å². The van der Waals surface area contributed by atoms with E-state index in [2.05, 4.69) is 9.97 Å². The Bertz CT molecular complexity index is 1600. The number of aryl methyl sites for hydroxylation is 2. The molecule has 0 aliphatic heterocycles. The number of aromatic hydroxyl groups is 1. The molecule has 2 aromatic carbocycles. The van der Waals surface area contributed by atoms with E-state index < -0.39 is 32.2 Å². The molecule has 4 rings (SSSR count). The number of rotatable bonds is 9. The Kier molecular flexibility index (Phi) is 7.97. The molecule has 2 aromatic heterocycles. The first kappa shape index (κ1) is 27.1. The van der Waals surface area contributed by atoms with E-state index in [-0.39, 0.29) is 4.90 Å². The lowest BCUT2D eigenvalue weighted by molar-refractivity contribution is 0.411. The Morgan fingerprint density at radius 2 is 1.74 bits per heavy atom. The summed E-state index contributed by atoms with van der Waals surface area (Å²) in [6.45, 7) is 5.73. The third-order valence-electron chi connectivity index (χ3n) is 6.63. The van der Waals surface area contributed by atoms with Crippen molar-refractivity contribution in [2.24, 2.45) is 0 Å². The van der Waals surface area contributed by atoms with E-state index >= 15 is 0 Å². The van der Waals surface area contributed by atoms with Crippen LogP contribution in [0.4, 0.5) is 0 Å². The summed E-state index contributed by atoms with van der Waals surface area (Å²) in [6, 6.07) is 14.7. The van der Waals surface area contributed by atoms with Gasteiger partial charge in [-0.3, -0.25) is 14.3 Å². The van der Waals surface area contributed by atoms with Gasteiger partial charge in [0, 0.05) is 18.8 Å². The van der Waals surface area contributed by atoms with Crippen molar-refractivity contribution in [2.75, 3.05) is 7.11 Å². The highest BCUT2D eigenvalue weighted by Gasteiger charge is 2.31. The minimum atomic E-state index is -4.37. The number of methoxy groups -OCH3 is 1. The van der Waals surface area contributed by atoms with Gasteiger partial charge >= 0.3 is 0 Å². The first-order valence-corrected chi connectivity index (χ1v) is 13.9. The van der Waals surface area contributed by atoms with Gasteiger partial charge in [0.25, 0.3) is 5.56 Å². The highest BCUT2D eigenvalue weighted by molar-refractivity contribution is 7.91. The molecule has 0 unspecified atom stereocenters. The summed E-state index contributed by atoms with van der Waals surface area (Å²) in [5.41, 5.74) is 2.65. The SMILES string of the molecule is CCCCc1nc(O)c(S(=O)(=O)c2ccc(-c3ccncc3C)cc2)c(=O)n1[C@H](C)c1ccc(OC)cc1. The van der Waals surface area contributed by atoms with E-state index in [0.717, 1.165) is 35.1 Å². The summed E-state index contributed by atoms with van der Waals surface area (Å²) in [4.78, 5) is 21.3. The van der Waals surface area contributed by atoms with Crippen LogP contribution in [0.1, 0.15) is 49.7 Å². The molecule has 38 heavy (non-hydrogen) atoms. The van der Waals surface area contributed by atoms with Crippen LogP contribution in [0.2, 0.25) is 0 Å². The van der Waals surface area contributed by atoms with E-state index in [0.29, 0.717) is 18.0 Å². The first-order chi connectivity index (χ1) is 18.2. The lowest BCUT2D eigenvalue weighted by atomic mass is 10.0. The van der Waals surface area contributed by atoms with Crippen molar-refractivity contribution in [3.8, 4) is 22.8 Å². The molecule has 1 N–H and O–H groups in total. The van der Waals surface area contributed by atoms with Crippen molar-refractivity contribution in [3.63, 3.8) is 0 Å². The zero-order chi connectivity index (χ0) is 27.4. The van der Waals surface area contributed by atoms with E-state index in [1.165, 1.54) is 16.7 Å². The maximum Gasteiger partial charge on any atom is 0.277 e. The fraction of sp³-hybridized carbons (Fsp3) is 0.276. The van der Waals surface area contributed by atoms with Crippen LogP contribution in [0.3, 0.4) is 0 Å². The van der Waals surface area contributed by atoms with Gasteiger partial charge in [0.2, 0.25) is 15.7 Å². The van der Waals surface area contributed by atoms with Gasteiger partial charge in [0.15, 0.2) is 4.90 Å². The Hall–Kier alpha value is -3.98. The van der Waals surface area contributed by atoms with Gasteiger partial charge in [-0.05, 0) is 72.9 Å². The number of ether oxygens (including phenoxy) is 1. The largest absolute Gasteiger partial charge is 0.497 e. The van der Waals surface area contributed by atoms with E-state index in [4.69, 9.17) is 4.74 Å². The van der Waals surface area contributed by atoms with Gasteiger partial charge in [-0.15, -0.1) is 0 Å². The quantitative estimate of drug-likeness (QED) is 0.318. The topological polar surface area (TPSA) is 111 Å². The molecule has 0 fully saturated rings.